The maximum Gasteiger partial charge on any atom is 0.273 e. The van der Waals surface area contributed by atoms with Gasteiger partial charge < -0.3 is 10.1 Å². The third-order valence-electron chi connectivity index (χ3n) is 2.63. The molecule has 6 nitrogen and oxygen atoms in total. The van der Waals surface area contributed by atoms with Crippen LogP contribution in [0, 0.1) is 10.1 Å². The number of benzene rings is 1. The molecule has 0 saturated heterocycles. The molecule has 0 aliphatic rings. The number of halogens is 1. The van der Waals surface area contributed by atoms with Crippen LogP contribution in [0.5, 0.6) is 5.75 Å². The number of methoxy groups -OCH3 is 1. The summed E-state index contributed by atoms with van der Waals surface area (Å²) in [5, 5.41) is 13.4. The molecule has 110 valence electrons. The number of anilines is 1. The number of hydrogen-bond acceptors (Lipinski definition) is 5. The van der Waals surface area contributed by atoms with Crippen LogP contribution in [0.1, 0.15) is 4.88 Å². The monoisotopic (exact) mass is 326 g/mol. The van der Waals surface area contributed by atoms with Crippen molar-refractivity contribution in [2.24, 2.45) is 0 Å². The molecule has 1 heterocycles. The Morgan fingerprint density at radius 2 is 2.19 bits per heavy atom. The smallest absolute Gasteiger partial charge is 0.273 e. The largest absolute Gasteiger partial charge is 0.494 e. The summed E-state index contributed by atoms with van der Waals surface area (Å²) in [5.41, 5.74) is 0.283. The Labute approximate surface area is 129 Å². The fourth-order valence-corrected chi connectivity index (χ4v) is 2.78. The van der Waals surface area contributed by atoms with Gasteiger partial charge in [0.15, 0.2) is 0 Å². The zero-order valence-electron chi connectivity index (χ0n) is 11.0. The van der Waals surface area contributed by atoms with Crippen molar-refractivity contribution in [3.05, 3.63) is 49.7 Å². The van der Waals surface area contributed by atoms with Crippen molar-refractivity contribution in [3.8, 4) is 5.75 Å². The zero-order chi connectivity index (χ0) is 15.4. The van der Waals surface area contributed by atoms with Gasteiger partial charge in [-0.15, -0.1) is 11.3 Å². The van der Waals surface area contributed by atoms with Gasteiger partial charge in [0.25, 0.3) is 5.69 Å². The number of amides is 1. The van der Waals surface area contributed by atoms with E-state index in [1.54, 1.807) is 12.1 Å². The first kappa shape index (κ1) is 15.3. The molecule has 2 rings (SSSR count). The van der Waals surface area contributed by atoms with E-state index >= 15 is 0 Å². The molecule has 21 heavy (non-hydrogen) atoms. The van der Waals surface area contributed by atoms with Crippen LogP contribution in [0.2, 0.25) is 4.34 Å². The molecule has 0 fully saturated rings. The highest BCUT2D eigenvalue weighted by Crippen LogP contribution is 2.29. The number of nitro benzene ring substituents is 1. The van der Waals surface area contributed by atoms with Gasteiger partial charge in [0.2, 0.25) is 5.91 Å². The number of rotatable bonds is 5. The van der Waals surface area contributed by atoms with E-state index in [0.29, 0.717) is 10.0 Å². The average Bonchev–Trinajstić information content (AvgIpc) is 2.84. The lowest BCUT2D eigenvalue weighted by atomic mass is 10.2. The quantitative estimate of drug-likeness (QED) is 0.673. The van der Waals surface area contributed by atoms with Gasteiger partial charge in [-0.3, -0.25) is 14.9 Å². The molecule has 8 heteroatoms. The lowest BCUT2D eigenvalue weighted by molar-refractivity contribution is -0.384. The van der Waals surface area contributed by atoms with Crippen molar-refractivity contribution in [3.63, 3.8) is 0 Å². The number of carbonyl (C=O) groups excluding carboxylic acids is 1. The minimum atomic E-state index is -0.526. The molecule has 0 spiro atoms. The molecule has 0 aliphatic carbocycles. The van der Waals surface area contributed by atoms with Crippen molar-refractivity contribution in [2.75, 3.05) is 12.4 Å². The van der Waals surface area contributed by atoms with Gasteiger partial charge in [-0.2, -0.15) is 0 Å². The summed E-state index contributed by atoms with van der Waals surface area (Å²) < 4.78 is 5.67. The van der Waals surface area contributed by atoms with E-state index in [1.807, 2.05) is 0 Å². The molecule has 0 unspecified atom stereocenters. The number of nitrogens with one attached hydrogen (secondary N) is 1. The van der Waals surface area contributed by atoms with Crippen molar-refractivity contribution in [2.45, 2.75) is 6.42 Å². The molecular weight excluding hydrogens is 316 g/mol. The number of non-ortho nitro benzene ring substituents is 1. The second kappa shape index (κ2) is 6.55. The molecule has 1 aromatic heterocycles. The number of hydrogen-bond donors (Lipinski definition) is 1. The molecule has 0 atom stereocenters. The first-order chi connectivity index (χ1) is 9.99. The molecule has 1 N–H and O–H groups in total. The summed E-state index contributed by atoms with van der Waals surface area (Å²) in [5.74, 6) is -0.0116. The highest BCUT2D eigenvalue weighted by Gasteiger charge is 2.14. The molecule has 0 bridgehead atoms. The summed E-state index contributed by atoms with van der Waals surface area (Å²) in [7, 11) is 1.38. The fraction of sp³-hybridized carbons (Fsp3) is 0.154. The Morgan fingerprint density at radius 3 is 2.76 bits per heavy atom. The van der Waals surface area contributed by atoms with Gasteiger partial charge in [0, 0.05) is 10.9 Å². The fourth-order valence-electron chi connectivity index (χ4n) is 1.70. The maximum atomic E-state index is 11.9. The van der Waals surface area contributed by atoms with Crippen LogP contribution in [-0.4, -0.2) is 17.9 Å². The minimum Gasteiger partial charge on any atom is -0.494 e. The van der Waals surface area contributed by atoms with Gasteiger partial charge in [0.1, 0.15) is 5.75 Å². The van der Waals surface area contributed by atoms with Crippen LogP contribution < -0.4 is 10.1 Å². The molecule has 2 aromatic rings. The van der Waals surface area contributed by atoms with E-state index in [0.717, 1.165) is 4.88 Å². The number of thiophene rings is 1. The first-order valence-corrected chi connectivity index (χ1v) is 7.05. The Kier molecular flexibility index (Phi) is 4.77. The summed E-state index contributed by atoms with van der Waals surface area (Å²) in [6.07, 6.45) is 0.178. The second-order valence-electron chi connectivity index (χ2n) is 4.07. The number of nitro groups is 1. The van der Waals surface area contributed by atoms with Crippen LogP contribution >= 0.6 is 22.9 Å². The van der Waals surface area contributed by atoms with Crippen molar-refractivity contribution >= 4 is 40.2 Å². The zero-order valence-corrected chi connectivity index (χ0v) is 12.5. The predicted octanol–water partition coefficient (Wildman–Crippen LogP) is 3.50. The standard InChI is InChI=1S/C13H11ClN2O4S/c1-20-11-6-8(16(18)19)2-4-10(11)15-13(17)7-9-3-5-12(14)21-9/h2-6H,7H2,1H3,(H,15,17). The van der Waals surface area contributed by atoms with Crippen LogP contribution in [0.4, 0.5) is 11.4 Å². The van der Waals surface area contributed by atoms with Crippen molar-refractivity contribution < 1.29 is 14.5 Å². The Hall–Kier alpha value is -2.12. The summed E-state index contributed by atoms with van der Waals surface area (Å²) in [6, 6.07) is 7.51. The SMILES string of the molecule is COc1cc([N+](=O)[O-])ccc1NC(=O)Cc1ccc(Cl)s1. The summed E-state index contributed by atoms with van der Waals surface area (Å²) in [4.78, 5) is 22.9. The van der Waals surface area contributed by atoms with E-state index in [-0.39, 0.29) is 23.8 Å². The Morgan fingerprint density at radius 1 is 1.43 bits per heavy atom. The van der Waals surface area contributed by atoms with E-state index < -0.39 is 4.92 Å². The molecule has 0 aliphatic heterocycles. The van der Waals surface area contributed by atoms with Crippen molar-refractivity contribution in [1.29, 1.82) is 0 Å². The highest BCUT2D eigenvalue weighted by molar-refractivity contribution is 7.16. The number of nitrogens with zero attached hydrogens (tertiary/aromatic N) is 1. The van der Waals surface area contributed by atoms with Gasteiger partial charge in [-0.25, -0.2) is 0 Å². The predicted molar refractivity (Wildman–Crippen MR) is 81.3 cm³/mol. The van der Waals surface area contributed by atoms with Crippen LogP contribution in [0.15, 0.2) is 30.3 Å². The molecule has 1 amide bonds. The number of carbonyl (C=O) groups is 1. The van der Waals surface area contributed by atoms with Gasteiger partial charge >= 0.3 is 0 Å². The van der Waals surface area contributed by atoms with Crippen LogP contribution in [0.25, 0.3) is 0 Å². The molecular formula is C13H11ClN2O4S. The van der Waals surface area contributed by atoms with E-state index in [2.05, 4.69) is 5.32 Å². The number of ether oxygens (including phenoxy) is 1. The normalized spacial score (nSPS) is 10.2. The molecule has 1 aromatic carbocycles. The average molecular weight is 327 g/mol. The molecule has 0 radical (unpaired) electrons. The highest BCUT2D eigenvalue weighted by atomic mass is 35.5. The summed E-state index contributed by atoms with van der Waals surface area (Å²) >= 11 is 7.13. The lowest BCUT2D eigenvalue weighted by Crippen LogP contribution is -2.14. The van der Waals surface area contributed by atoms with Gasteiger partial charge in [-0.05, 0) is 18.2 Å². The first-order valence-electron chi connectivity index (χ1n) is 5.86. The van der Waals surface area contributed by atoms with E-state index in [9.17, 15) is 14.9 Å². The van der Waals surface area contributed by atoms with Crippen LogP contribution in [0.3, 0.4) is 0 Å². The van der Waals surface area contributed by atoms with E-state index in [1.165, 1.54) is 36.6 Å². The lowest BCUT2D eigenvalue weighted by Gasteiger charge is -2.09. The topological polar surface area (TPSA) is 81.5 Å². The second-order valence-corrected chi connectivity index (χ2v) is 5.87. The van der Waals surface area contributed by atoms with Crippen LogP contribution in [-0.2, 0) is 11.2 Å². The minimum absolute atomic E-state index is 0.102. The van der Waals surface area contributed by atoms with Gasteiger partial charge in [0.05, 0.1) is 34.5 Å². The molecule has 0 saturated carbocycles. The Bertz CT molecular complexity index is 687. The van der Waals surface area contributed by atoms with Crippen molar-refractivity contribution in [1.82, 2.24) is 0 Å². The Balaban J connectivity index is 2.11. The van der Waals surface area contributed by atoms with E-state index in [4.69, 9.17) is 16.3 Å². The van der Waals surface area contributed by atoms with Gasteiger partial charge in [-0.1, -0.05) is 11.6 Å². The maximum absolute atomic E-state index is 11.9. The third-order valence-corrected chi connectivity index (χ3v) is 3.86. The summed E-state index contributed by atoms with van der Waals surface area (Å²) in [6.45, 7) is 0. The third kappa shape index (κ3) is 3.93.